The fourth-order valence-electron chi connectivity index (χ4n) is 2.90. The molecule has 0 radical (unpaired) electrons. The summed E-state index contributed by atoms with van der Waals surface area (Å²) in [6, 6.07) is 11.6. The number of hydrogen-bond donors (Lipinski definition) is 4. The van der Waals surface area contributed by atoms with E-state index < -0.39 is 33.8 Å². The molecule has 1 aliphatic rings. The molecule has 3 amide bonds. The van der Waals surface area contributed by atoms with Gasteiger partial charge in [0.15, 0.2) is 0 Å². The molecular weight excluding hydrogens is 396 g/mol. The van der Waals surface area contributed by atoms with Crippen LogP contribution in [0, 0.1) is 0 Å². The number of nitrogens with two attached hydrogens (primary N) is 1. The average molecular weight is 416 g/mol. The van der Waals surface area contributed by atoms with Crippen LogP contribution >= 0.6 is 0 Å². The van der Waals surface area contributed by atoms with Crippen LogP contribution in [0.5, 0.6) is 0 Å². The van der Waals surface area contributed by atoms with Crippen LogP contribution in [0.2, 0.25) is 0 Å². The molecule has 5 N–H and O–H groups in total. The SMILES string of the molecule is NS(=O)(=O)c1ccc(CCNC(=O)CC2NC(=O)c3ccccc3NC2=O)cc1. The molecule has 0 fully saturated rings. The largest absolute Gasteiger partial charge is 0.356 e. The summed E-state index contributed by atoms with van der Waals surface area (Å²) in [5, 5.41) is 12.9. The summed E-state index contributed by atoms with van der Waals surface area (Å²) in [5.41, 5.74) is 1.56. The van der Waals surface area contributed by atoms with E-state index in [4.69, 9.17) is 5.14 Å². The van der Waals surface area contributed by atoms with Gasteiger partial charge in [0.1, 0.15) is 6.04 Å². The lowest BCUT2D eigenvalue weighted by molar-refractivity contribution is -0.125. The molecular formula is C19H20N4O5S. The molecule has 0 aliphatic carbocycles. The Morgan fingerprint density at radius 3 is 2.45 bits per heavy atom. The van der Waals surface area contributed by atoms with Gasteiger partial charge < -0.3 is 16.0 Å². The highest BCUT2D eigenvalue weighted by atomic mass is 32.2. The Morgan fingerprint density at radius 2 is 1.76 bits per heavy atom. The Hall–Kier alpha value is -3.24. The normalized spacial score (nSPS) is 16.2. The van der Waals surface area contributed by atoms with Gasteiger partial charge in [0.05, 0.1) is 22.6 Å². The van der Waals surface area contributed by atoms with E-state index in [1.165, 1.54) is 12.1 Å². The second kappa shape index (κ2) is 8.41. The summed E-state index contributed by atoms with van der Waals surface area (Å²) in [6.45, 7) is 0.288. The highest BCUT2D eigenvalue weighted by molar-refractivity contribution is 7.89. The van der Waals surface area contributed by atoms with Crippen LogP contribution in [-0.2, 0) is 26.0 Å². The maximum Gasteiger partial charge on any atom is 0.254 e. The van der Waals surface area contributed by atoms with Crippen molar-refractivity contribution in [3.63, 3.8) is 0 Å². The summed E-state index contributed by atoms with van der Waals surface area (Å²) in [4.78, 5) is 36.8. The maximum absolute atomic E-state index is 12.3. The minimum absolute atomic E-state index is 0.0152. The Morgan fingerprint density at radius 1 is 1.07 bits per heavy atom. The minimum atomic E-state index is -3.74. The van der Waals surface area contributed by atoms with Crippen molar-refractivity contribution in [3.05, 3.63) is 59.7 Å². The van der Waals surface area contributed by atoms with Crippen molar-refractivity contribution in [1.82, 2.24) is 10.6 Å². The number of primary sulfonamides is 1. The van der Waals surface area contributed by atoms with Crippen molar-refractivity contribution in [3.8, 4) is 0 Å². The van der Waals surface area contributed by atoms with Crippen molar-refractivity contribution in [1.29, 1.82) is 0 Å². The minimum Gasteiger partial charge on any atom is -0.356 e. The first-order chi connectivity index (χ1) is 13.7. The van der Waals surface area contributed by atoms with E-state index >= 15 is 0 Å². The van der Waals surface area contributed by atoms with Crippen molar-refractivity contribution in [2.24, 2.45) is 5.14 Å². The Labute approximate surface area is 167 Å². The molecule has 2 aromatic carbocycles. The van der Waals surface area contributed by atoms with Gasteiger partial charge in [-0.25, -0.2) is 13.6 Å². The fraction of sp³-hybridized carbons (Fsp3) is 0.211. The third-order valence-electron chi connectivity index (χ3n) is 4.43. The number of para-hydroxylation sites is 1. The summed E-state index contributed by atoms with van der Waals surface area (Å²) < 4.78 is 22.5. The van der Waals surface area contributed by atoms with Crippen LogP contribution in [0.25, 0.3) is 0 Å². The Balaban J connectivity index is 1.52. The fourth-order valence-corrected chi connectivity index (χ4v) is 3.42. The number of rotatable bonds is 6. The number of carbonyl (C=O) groups is 3. The van der Waals surface area contributed by atoms with Crippen molar-refractivity contribution >= 4 is 33.4 Å². The van der Waals surface area contributed by atoms with Crippen LogP contribution in [0.1, 0.15) is 22.3 Å². The van der Waals surface area contributed by atoms with E-state index in [2.05, 4.69) is 16.0 Å². The third kappa shape index (κ3) is 5.18. The van der Waals surface area contributed by atoms with E-state index in [1.807, 2.05) is 0 Å². The molecule has 1 unspecified atom stereocenters. The molecule has 10 heteroatoms. The molecule has 1 heterocycles. The highest BCUT2D eigenvalue weighted by Crippen LogP contribution is 2.18. The summed E-state index contributed by atoms with van der Waals surface area (Å²) in [5.74, 6) is -1.28. The van der Waals surface area contributed by atoms with Gasteiger partial charge in [-0.15, -0.1) is 0 Å². The standard InChI is InChI=1S/C19H20N4O5S/c20-29(27,28)13-7-5-12(6-8-13)9-10-21-17(24)11-16-19(26)22-15-4-2-1-3-14(15)18(25)23-16/h1-8,16H,9-11H2,(H,21,24)(H,22,26)(H,23,25)(H2,20,27,28). The topological polar surface area (TPSA) is 147 Å². The number of hydrogen-bond acceptors (Lipinski definition) is 5. The second-order valence-corrected chi connectivity index (χ2v) is 8.12. The van der Waals surface area contributed by atoms with E-state index in [1.54, 1.807) is 36.4 Å². The molecule has 0 spiro atoms. The van der Waals surface area contributed by atoms with E-state index in [0.717, 1.165) is 5.56 Å². The maximum atomic E-state index is 12.3. The van der Waals surface area contributed by atoms with Crippen LogP contribution in [0.4, 0.5) is 5.69 Å². The first-order valence-electron chi connectivity index (χ1n) is 8.83. The number of amides is 3. The highest BCUT2D eigenvalue weighted by Gasteiger charge is 2.29. The zero-order valence-corrected chi connectivity index (χ0v) is 16.2. The van der Waals surface area contributed by atoms with E-state index in [0.29, 0.717) is 17.7 Å². The third-order valence-corrected chi connectivity index (χ3v) is 5.36. The first kappa shape index (κ1) is 20.5. The molecule has 1 atom stereocenters. The van der Waals surface area contributed by atoms with Crippen LogP contribution in [-0.4, -0.2) is 38.7 Å². The van der Waals surface area contributed by atoms with Crippen molar-refractivity contribution in [2.75, 3.05) is 11.9 Å². The lowest BCUT2D eigenvalue weighted by atomic mass is 10.1. The molecule has 29 heavy (non-hydrogen) atoms. The van der Waals surface area contributed by atoms with Gasteiger partial charge >= 0.3 is 0 Å². The average Bonchev–Trinajstić information content (AvgIpc) is 2.78. The molecule has 152 valence electrons. The van der Waals surface area contributed by atoms with Gasteiger partial charge in [-0.3, -0.25) is 14.4 Å². The van der Waals surface area contributed by atoms with E-state index in [9.17, 15) is 22.8 Å². The zero-order chi connectivity index (χ0) is 21.0. The molecule has 0 saturated carbocycles. The van der Waals surface area contributed by atoms with Crippen LogP contribution < -0.4 is 21.1 Å². The zero-order valence-electron chi connectivity index (χ0n) is 15.3. The summed E-state index contributed by atoms with van der Waals surface area (Å²) in [7, 11) is -3.74. The summed E-state index contributed by atoms with van der Waals surface area (Å²) >= 11 is 0. The van der Waals surface area contributed by atoms with Gasteiger partial charge in [0.25, 0.3) is 5.91 Å². The number of sulfonamides is 1. The molecule has 2 aromatic rings. The molecule has 3 rings (SSSR count). The molecule has 0 aromatic heterocycles. The number of carbonyl (C=O) groups excluding carboxylic acids is 3. The van der Waals surface area contributed by atoms with Gasteiger partial charge in [0, 0.05) is 6.54 Å². The monoisotopic (exact) mass is 416 g/mol. The van der Waals surface area contributed by atoms with Crippen LogP contribution in [0.3, 0.4) is 0 Å². The predicted molar refractivity (Wildman–Crippen MR) is 105 cm³/mol. The predicted octanol–water partition coefficient (Wildman–Crippen LogP) is 0.133. The molecule has 0 bridgehead atoms. The Bertz CT molecular complexity index is 1050. The molecule has 9 nitrogen and oxygen atoms in total. The molecule has 1 aliphatic heterocycles. The summed E-state index contributed by atoms with van der Waals surface area (Å²) in [6.07, 6.45) is 0.265. The number of benzene rings is 2. The quantitative estimate of drug-likeness (QED) is 0.528. The first-order valence-corrected chi connectivity index (χ1v) is 10.4. The van der Waals surface area contributed by atoms with Crippen molar-refractivity contribution < 1.29 is 22.8 Å². The van der Waals surface area contributed by atoms with E-state index in [-0.39, 0.29) is 17.9 Å². The lowest BCUT2D eigenvalue weighted by Gasteiger charge is -2.14. The number of anilines is 1. The Kier molecular flexibility index (Phi) is 5.95. The lowest BCUT2D eigenvalue weighted by Crippen LogP contribution is -2.44. The number of fused-ring (bicyclic) bond motifs is 1. The smallest absolute Gasteiger partial charge is 0.254 e. The molecule has 0 saturated heterocycles. The van der Waals surface area contributed by atoms with Crippen molar-refractivity contribution in [2.45, 2.75) is 23.8 Å². The second-order valence-electron chi connectivity index (χ2n) is 6.55. The van der Waals surface area contributed by atoms with Gasteiger partial charge in [-0.1, -0.05) is 24.3 Å². The van der Waals surface area contributed by atoms with Gasteiger partial charge in [-0.05, 0) is 36.2 Å². The number of nitrogens with one attached hydrogen (secondary N) is 3. The van der Waals surface area contributed by atoms with Gasteiger partial charge in [-0.2, -0.15) is 0 Å². The van der Waals surface area contributed by atoms with Crippen LogP contribution in [0.15, 0.2) is 53.4 Å². The van der Waals surface area contributed by atoms with Gasteiger partial charge in [0.2, 0.25) is 21.8 Å².